The highest BCUT2D eigenvalue weighted by Crippen LogP contribution is 2.30. The van der Waals surface area contributed by atoms with Crippen LogP contribution in [-0.2, 0) is 4.79 Å². The molecule has 1 fully saturated rings. The molecule has 0 spiro atoms. The van der Waals surface area contributed by atoms with Gasteiger partial charge in [0.15, 0.2) is 11.5 Å². The van der Waals surface area contributed by atoms with Crippen LogP contribution in [0, 0.1) is 5.92 Å². The maximum absolute atomic E-state index is 12.3. The van der Waals surface area contributed by atoms with E-state index in [-0.39, 0.29) is 23.4 Å². The van der Waals surface area contributed by atoms with Gasteiger partial charge < -0.3 is 14.8 Å². The van der Waals surface area contributed by atoms with Crippen molar-refractivity contribution in [2.75, 3.05) is 7.11 Å². The molecule has 2 atom stereocenters. The van der Waals surface area contributed by atoms with Crippen molar-refractivity contribution in [2.24, 2.45) is 5.92 Å². The number of ether oxygens (including phenoxy) is 2. The van der Waals surface area contributed by atoms with Crippen LogP contribution in [0.25, 0.3) is 6.08 Å². The van der Waals surface area contributed by atoms with E-state index in [0.717, 1.165) is 19.3 Å². The monoisotopic (exact) mass is 339 g/mol. The van der Waals surface area contributed by atoms with Gasteiger partial charge in [-0.05, 0) is 42.5 Å². The number of hydrogen-bond donors (Lipinski definition) is 1. The number of carbonyl (C=O) groups excluding carboxylic acids is 1. The standard InChI is InChI=1S/C18H23F2NO3/c1-12-5-3-4-6-14(12)21-17(22)10-8-13-7-9-15(24-18(19)20)16(11-13)23-2/h7-12,14,18H,3-6H2,1-2H3,(H,21,22)/b10-8+. The van der Waals surface area contributed by atoms with Crippen molar-refractivity contribution in [3.05, 3.63) is 29.8 Å². The van der Waals surface area contributed by atoms with Crippen LogP contribution in [0.5, 0.6) is 11.5 Å². The molecule has 0 aromatic heterocycles. The lowest BCUT2D eigenvalue weighted by molar-refractivity contribution is -0.117. The first-order valence-electron chi connectivity index (χ1n) is 8.11. The van der Waals surface area contributed by atoms with Gasteiger partial charge in [0.25, 0.3) is 0 Å². The third-order valence-corrected chi connectivity index (χ3v) is 4.27. The fraction of sp³-hybridized carbons (Fsp3) is 0.500. The Morgan fingerprint density at radius 2 is 2.04 bits per heavy atom. The van der Waals surface area contributed by atoms with Gasteiger partial charge in [-0.3, -0.25) is 4.79 Å². The first-order chi connectivity index (χ1) is 11.5. The second-order valence-electron chi connectivity index (χ2n) is 6.00. The average molecular weight is 339 g/mol. The molecule has 0 aliphatic heterocycles. The molecule has 0 radical (unpaired) electrons. The smallest absolute Gasteiger partial charge is 0.387 e. The normalized spacial score (nSPS) is 21.0. The van der Waals surface area contributed by atoms with Crippen LogP contribution in [0.2, 0.25) is 0 Å². The van der Waals surface area contributed by atoms with E-state index >= 15 is 0 Å². The molecule has 1 saturated carbocycles. The summed E-state index contributed by atoms with van der Waals surface area (Å²) in [6, 6.07) is 4.75. The summed E-state index contributed by atoms with van der Waals surface area (Å²) >= 11 is 0. The second-order valence-corrected chi connectivity index (χ2v) is 6.00. The fourth-order valence-electron chi connectivity index (χ4n) is 2.91. The first-order valence-corrected chi connectivity index (χ1v) is 8.11. The van der Waals surface area contributed by atoms with E-state index in [1.165, 1.54) is 25.7 Å². The number of halogens is 2. The molecule has 0 saturated heterocycles. The maximum Gasteiger partial charge on any atom is 0.387 e. The molecular formula is C18H23F2NO3. The van der Waals surface area contributed by atoms with E-state index in [1.807, 2.05) is 0 Å². The largest absolute Gasteiger partial charge is 0.493 e. The third-order valence-electron chi connectivity index (χ3n) is 4.27. The molecule has 1 amide bonds. The minimum atomic E-state index is -2.91. The van der Waals surface area contributed by atoms with Crippen molar-refractivity contribution in [3.63, 3.8) is 0 Å². The van der Waals surface area contributed by atoms with Crippen molar-refractivity contribution < 1.29 is 23.0 Å². The van der Waals surface area contributed by atoms with Crippen molar-refractivity contribution in [2.45, 2.75) is 45.3 Å². The van der Waals surface area contributed by atoms with Gasteiger partial charge in [-0.1, -0.05) is 25.8 Å². The summed E-state index contributed by atoms with van der Waals surface area (Å²) in [5.74, 6) is 0.492. The topological polar surface area (TPSA) is 47.6 Å². The molecule has 6 heteroatoms. The van der Waals surface area contributed by atoms with E-state index in [9.17, 15) is 13.6 Å². The van der Waals surface area contributed by atoms with E-state index in [0.29, 0.717) is 11.5 Å². The highest BCUT2D eigenvalue weighted by atomic mass is 19.3. The molecule has 0 bridgehead atoms. The van der Waals surface area contributed by atoms with E-state index < -0.39 is 6.61 Å². The summed E-state index contributed by atoms with van der Waals surface area (Å²) in [7, 11) is 1.37. The molecule has 1 N–H and O–H groups in total. The molecule has 132 valence electrons. The van der Waals surface area contributed by atoms with Gasteiger partial charge >= 0.3 is 6.61 Å². The molecule has 1 aromatic carbocycles. The summed E-state index contributed by atoms with van der Waals surface area (Å²) in [6.07, 6.45) is 7.57. The molecule has 2 rings (SSSR count). The van der Waals surface area contributed by atoms with Gasteiger partial charge in [0, 0.05) is 12.1 Å². The van der Waals surface area contributed by atoms with Crippen LogP contribution in [0.1, 0.15) is 38.2 Å². The fourth-order valence-corrected chi connectivity index (χ4v) is 2.91. The number of hydrogen-bond acceptors (Lipinski definition) is 3. The number of rotatable bonds is 6. The van der Waals surface area contributed by atoms with Gasteiger partial charge in [-0.2, -0.15) is 8.78 Å². The third kappa shape index (κ3) is 5.22. The highest BCUT2D eigenvalue weighted by molar-refractivity contribution is 5.92. The highest BCUT2D eigenvalue weighted by Gasteiger charge is 2.21. The van der Waals surface area contributed by atoms with Crippen molar-refractivity contribution in [3.8, 4) is 11.5 Å². The Kier molecular flexibility index (Phi) is 6.58. The Morgan fingerprint density at radius 3 is 2.71 bits per heavy atom. The molecule has 1 aliphatic carbocycles. The second kappa shape index (κ2) is 8.66. The minimum absolute atomic E-state index is 0.0369. The molecule has 0 heterocycles. The number of methoxy groups -OCH3 is 1. The van der Waals surface area contributed by atoms with Crippen molar-refractivity contribution >= 4 is 12.0 Å². The van der Waals surface area contributed by atoms with Gasteiger partial charge in [0.2, 0.25) is 5.91 Å². The van der Waals surface area contributed by atoms with Gasteiger partial charge in [0.05, 0.1) is 7.11 Å². The zero-order valence-electron chi connectivity index (χ0n) is 13.9. The molecular weight excluding hydrogens is 316 g/mol. The number of alkyl halides is 2. The van der Waals surface area contributed by atoms with Crippen LogP contribution < -0.4 is 14.8 Å². The van der Waals surface area contributed by atoms with Crippen LogP contribution in [0.15, 0.2) is 24.3 Å². The predicted octanol–water partition coefficient (Wildman–Crippen LogP) is 4.00. The zero-order valence-corrected chi connectivity index (χ0v) is 13.9. The van der Waals surface area contributed by atoms with Gasteiger partial charge in [-0.15, -0.1) is 0 Å². The molecule has 2 unspecified atom stereocenters. The van der Waals surface area contributed by atoms with E-state index in [1.54, 1.807) is 18.2 Å². The molecule has 24 heavy (non-hydrogen) atoms. The zero-order chi connectivity index (χ0) is 17.5. The Hall–Kier alpha value is -2.11. The summed E-state index contributed by atoms with van der Waals surface area (Å²) in [5, 5.41) is 3.02. The first kappa shape index (κ1) is 18.2. The quantitative estimate of drug-likeness (QED) is 0.797. The molecule has 1 aromatic rings. The lowest BCUT2D eigenvalue weighted by atomic mass is 9.86. The van der Waals surface area contributed by atoms with Crippen LogP contribution in [0.4, 0.5) is 8.78 Å². The number of carbonyl (C=O) groups is 1. The van der Waals surface area contributed by atoms with Gasteiger partial charge in [-0.25, -0.2) is 0 Å². The van der Waals surface area contributed by atoms with Crippen LogP contribution >= 0.6 is 0 Å². The van der Waals surface area contributed by atoms with Crippen molar-refractivity contribution in [1.82, 2.24) is 5.32 Å². The van der Waals surface area contributed by atoms with Crippen LogP contribution in [0.3, 0.4) is 0 Å². The van der Waals surface area contributed by atoms with Crippen LogP contribution in [-0.4, -0.2) is 25.7 Å². The number of amides is 1. The maximum atomic E-state index is 12.3. The Morgan fingerprint density at radius 1 is 1.29 bits per heavy atom. The summed E-state index contributed by atoms with van der Waals surface area (Å²) in [4.78, 5) is 12.0. The number of benzene rings is 1. The average Bonchev–Trinajstić information content (AvgIpc) is 2.55. The van der Waals surface area contributed by atoms with Crippen molar-refractivity contribution in [1.29, 1.82) is 0 Å². The van der Waals surface area contributed by atoms with E-state index in [2.05, 4.69) is 17.0 Å². The SMILES string of the molecule is COc1cc(/C=C/C(=O)NC2CCCCC2C)ccc1OC(F)F. The van der Waals surface area contributed by atoms with Gasteiger partial charge in [0.1, 0.15) is 0 Å². The Balaban J connectivity index is 1.98. The summed E-state index contributed by atoms with van der Waals surface area (Å²) in [6.45, 7) is -0.760. The summed E-state index contributed by atoms with van der Waals surface area (Å²) in [5.41, 5.74) is 0.667. The number of nitrogens with one attached hydrogen (secondary N) is 1. The minimum Gasteiger partial charge on any atom is -0.493 e. The Bertz CT molecular complexity index is 590. The lowest BCUT2D eigenvalue weighted by Gasteiger charge is -2.29. The predicted molar refractivity (Wildman–Crippen MR) is 88.2 cm³/mol. The molecule has 4 nitrogen and oxygen atoms in total. The van der Waals surface area contributed by atoms with E-state index in [4.69, 9.17) is 4.74 Å². The molecule has 1 aliphatic rings. The Labute approximate surface area is 140 Å². The lowest BCUT2D eigenvalue weighted by Crippen LogP contribution is -2.40. The summed E-state index contributed by atoms with van der Waals surface area (Å²) < 4.78 is 34.0.